The quantitative estimate of drug-likeness (QED) is 0.712. The third-order valence-electron chi connectivity index (χ3n) is 5.93. The number of aromatic amines is 1. The molecule has 152 valence electrons. The van der Waals surface area contributed by atoms with Gasteiger partial charge in [0.05, 0.1) is 12.3 Å². The summed E-state index contributed by atoms with van der Waals surface area (Å²) < 4.78 is 6.29. The van der Waals surface area contributed by atoms with Crippen molar-refractivity contribution < 1.29 is 9.53 Å². The van der Waals surface area contributed by atoms with E-state index in [1.165, 1.54) is 6.07 Å². The lowest BCUT2D eigenvalue weighted by molar-refractivity contribution is -0.0967. The molecule has 1 spiro atoms. The number of carbonyl (C=O) groups excluding carboxylic acids is 1. The molecule has 30 heavy (non-hydrogen) atoms. The van der Waals surface area contributed by atoms with Crippen LogP contribution in [0.4, 0.5) is 0 Å². The number of aromatic nitrogens is 3. The van der Waals surface area contributed by atoms with Crippen molar-refractivity contribution >= 4 is 5.91 Å². The lowest BCUT2D eigenvalue weighted by atomic mass is 9.83. The van der Waals surface area contributed by atoms with Gasteiger partial charge in [0.25, 0.3) is 5.91 Å². The molecule has 0 bridgehead atoms. The Hall–Kier alpha value is -3.32. The van der Waals surface area contributed by atoms with E-state index in [1.54, 1.807) is 17.0 Å². The molecule has 2 aliphatic heterocycles. The van der Waals surface area contributed by atoms with Gasteiger partial charge < -0.3 is 14.6 Å². The van der Waals surface area contributed by atoms with E-state index in [0.717, 1.165) is 23.2 Å². The first-order valence-electron chi connectivity index (χ1n) is 10.2. The van der Waals surface area contributed by atoms with Crippen LogP contribution >= 0.6 is 0 Å². The van der Waals surface area contributed by atoms with E-state index in [2.05, 4.69) is 9.97 Å². The van der Waals surface area contributed by atoms with Gasteiger partial charge in [0.15, 0.2) is 5.82 Å². The van der Waals surface area contributed by atoms with Crippen molar-refractivity contribution in [1.29, 1.82) is 0 Å². The molecule has 0 saturated carbocycles. The maximum atomic E-state index is 12.8. The summed E-state index contributed by atoms with van der Waals surface area (Å²) in [5.74, 6) is 0.533. The van der Waals surface area contributed by atoms with Gasteiger partial charge in [-0.3, -0.25) is 9.59 Å². The van der Waals surface area contributed by atoms with Gasteiger partial charge in [0, 0.05) is 30.9 Å². The fourth-order valence-corrected chi connectivity index (χ4v) is 4.33. The highest BCUT2D eigenvalue weighted by Gasteiger charge is 2.43. The van der Waals surface area contributed by atoms with Crippen LogP contribution in [0.5, 0.6) is 0 Å². The molecule has 0 atom stereocenters. The third-order valence-corrected chi connectivity index (χ3v) is 5.93. The molecule has 1 amide bonds. The van der Waals surface area contributed by atoms with Crippen LogP contribution < -0.4 is 5.56 Å². The fraction of sp³-hybridized carbons (Fsp3) is 0.304. The van der Waals surface area contributed by atoms with Gasteiger partial charge in [-0.05, 0) is 30.9 Å². The van der Waals surface area contributed by atoms with Crippen LogP contribution in [0.25, 0.3) is 11.4 Å². The van der Waals surface area contributed by atoms with E-state index in [1.807, 2.05) is 36.5 Å². The van der Waals surface area contributed by atoms with Gasteiger partial charge in [0.2, 0.25) is 5.56 Å². The molecule has 2 aliphatic rings. The summed E-state index contributed by atoms with van der Waals surface area (Å²) in [5, 5.41) is 0. The zero-order chi connectivity index (χ0) is 20.6. The second-order valence-corrected chi connectivity index (χ2v) is 7.75. The first-order chi connectivity index (χ1) is 14.6. The molecule has 0 aliphatic carbocycles. The van der Waals surface area contributed by atoms with Crippen LogP contribution in [0, 0.1) is 0 Å². The topological polar surface area (TPSA) is 88.2 Å². The number of benzene rings is 1. The van der Waals surface area contributed by atoms with Crippen molar-refractivity contribution in [2.24, 2.45) is 0 Å². The minimum Gasteiger partial charge on any atom is -0.368 e. The highest BCUT2D eigenvalue weighted by atomic mass is 16.5. The number of H-pyrrole nitrogens is 1. The molecule has 7 nitrogen and oxygen atoms in total. The molecule has 0 radical (unpaired) electrons. The number of hydrogen-bond donors (Lipinski definition) is 1. The van der Waals surface area contributed by atoms with Crippen molar-refractivity contribution in [3.8, 4) is 11.4 Å². The predicted octanol–water partition coefficient (Wildman–Crippen LogP) is 2.54. The maximum absolute atomic E-state index is 12.8. The molecular weight excluding hydrogens is 380 g/mol. The van der Waals surface area contributed by atoms with E-state index in [-0.39, 0.29) is 11.5 Å². The van der Waals surface area contributed by atoms with E-state index >= 15 is 0 Å². The van der Waals surface area contributed by atoms with Crippen LogP contribution in [-0.2, 0) is 16.8 Å². The first-order valence-corrected chi connectivity index (χ1v) is 10.2. The highest BCUT2D eigenvalue weighted by Crippen LogP contribution is 2.41. The van der Waals surface area contributed by atoms with Gasteiger partial charge in [-0.15, -0.1) is 0 Å². The number of pyridine rings is 1. The third kappa shape index (κ3) is 3.31. The number of rotatable bonds is 2. The molecule has 1 saturated heterocycles. The summed E-state index contributed by atoms with van der Waals surface area (Å²) in [7, 11) is 0. The summed E-state index contributed by atoms with van der Waals surface area (Å²) in [4.78, 5) is 38.2. The molecule has 1 aromatic carbocycles. The zero-order valence-electron chi connectivity index (χ0n) is 16.5. The van der Waals surface area contributed by atoms with Crippen LogP contribution in [0.1, 0.15) is 34.6 Å². The van der Waals surface area contributed by atoms with E-state index in [0.29, 0.717) is 44.1 Å². The van der Waals surface area contributed by atoms with Gasteiger partial charge in [-0.25, -0.2) is 9.97 Å². The number of likely N-dealkylation sites (tertiary alicyclic amines) is 1. The molecule has 5 rings (SSSR count). The van der Waals surface area contributed by atoms with Crippen molar-refractivity contribution in [2.45, 2.75) is 24.9 Å². The molecule has 4 heterocycles. The summed E-state index contributed by atoms with van der Waals surface area (Å²) >= 11 is 0. The minimum absolute atomic E-state index is 0.161. The lowest BCUT2D eigenvalue weighted by Crippen LogP contribution is -2.49. The predicted molar refractivity (Wildman–Crippen MR) is 111 cm³/mol. The number of ether oxygens (including phenoxy) is 1. The number of nitrogens with one attached hydrogen (secondary N) is 1. The Balaban J connectivity index is 1.41. The molecular formula is C23H22N4O3. The number of amides is 1. The van der Waals surface area contributed by atoms with Crippen molar-refractivity contribution in [2.75, 3.05) is 19.7 Å². The van der Waals surface area contributed by atoms with Gasteiger partial charge >= 0.3 is 0 Å². The standard InChI is InChI=1S/C23H22N4O3/c28-19-8-4-7-18(25-19)22(29)27-12-10-23(11-13-27)20-17(9-14-30-23)15-24-21(26-20)16-5-2-1-3-6-16/h1-8,15H,9-14H2,(H,25,28). The molecule has 7 heteroatoms. The van der Waals surface area contributed by atoms with Gasteiger partial charge in [-0.1, -0.05) is 36.4 Å². The Kier molecular flexibility index (Phi) is 4.67. The SMILES string of the molecule is O=C(c1cccc(=O)[nH]1)N1CCC2(CC1)OCCc1cnc(-c3ccccc3)nc12. The second-order valence-electron chi connectivity index (χ2n) is 7.75. The number of nitrogens with zero attached hydrogens (tertiary/aromatic N) is 3. The van der Waals surface area contributed by atoms with Crippen molar-refractivity contribution in [1.82, 2.24) is 19.9 Å². The zero-order valence-corrected chi connectivity index (χ0v) is 16.5. The summed E-state index contributed by atoms with van der Waals surface area (Å²) in [6, 6.07) is 14.6. The Labute approximate surface area is 173 Å². The first kappa shape index (κ1) is 18.7. The Morgan fingerprint density at radius 2 is 1.87 bits per heavy atom. The second kappa shape index (κ2) is 7.50. The normalized spacial score (nSPS) is 17.5. The Bertz CT molecular complexity index is 1130. The van der Waals surface area contributed by atoms with Crippen LogP contribution in [0.3, 0.4) is 0 Å². The Morgan fingerprint density at radius 3 is 2.63 bits per heavy atom. The van der Waals surface area contributed by atoms with E-state index < -0.39 is 5.60 Å². The van der Waals surface area contributed by atoms with Crippen LogP contribution in [0.15, 0.2) is 59.5 Å². The monoisotopic (exact) mass is 402 g/mol. The smallest absolute Gasteiger partial charge is 0.270 e. The van der Waals surface area contributed by atoms with E-state index in [4.69, 9.17) is 9.72 Å². The van der Waals surface area contributed by atoms with Gasteiger partial charge in [-0.2, -0.15) is 0 Å². The fourth-order valence-electron chi connectivity index (χ4n) is 4.33. The average Bonchev–Trinajstić information content (AvgIpc) is 2.80. The van der Waals surface area contributed by atoms with Crippen LogP contribution in [-0.4, -0.2) is 45.5 Å². The Morgan fingerprint density at radius 1 is 1.07 bits per heavy atom. The molecule has 0 unspecified atom stereocenters. The average molecular weight is 402 g/mol. The van der Waals surface area contributed by atoms with Crippen LogP contribution in [0.2, 0.25) is 0 Å². The van der Waals surface area contributed by atoms with Crippen molar-refractivity contribution in [3.05, 3.63) is 82.0 Å². The van der Waals surface area contributed by atoms with Crippen molar-refractivity contribution in [3.63, 3.8) is 0 Å². The molecule has 1 N–H and O–H groups in total. The van der Waals surface area contributed by atoms with E-state index in [9.17, 15) is 9.59 Å². The summed E-state index contributed by atoms with van der Waals surface area (Å²) in [6.45, 7) is 1.71. The summed E-state index contributed by atoms with van der Waals surface area (Å²) in [5.41, 5.74) is 2.58. The highest BCUT2D eigenvalue weighted by molar-refractivity contribution is 5.92. The van der Waals surface area contributed by atoms with Gasteiger partial charge in [0.1, 0.15) is 11.3 Å². The number of piperidine rings is 1. The molecule has 3 aromatic rings. The molecule has 1 fully saturated rings. The minimum atomic E-state index is -0.499. The number of hydrogen-bond acceptors (Lipinski definition) is 5. The summed E-state index contributed by atoms with van der Waals surface area (Å²) in [6.07, 6.45) is 4.03. The largest absolute Gasteiger partial charge is 0.368 e. The maximum Gasteiger partial charge on any atom is 0.270 e. The number of fused-ring (bicyclic) bond motifs is 2. The lowest BCUT2D eigenvalue weighted by Gasteiger charge is -2.44. The molecule has 2 aromatic heterocycles. The number of carbonyl (C=O) groups is 1.